The van der Waals surface area contributed by atoms with Crippen molar-refractivity contribution >= 4 is 0 Å². The van der Waals surface area contributed by atoms with Crippen LogP contribution in [0.25, 0.3) is 0 Å². The van der Waals surface area contributed by atoms with Crippen LogP contribution in [0, 0.1) is 12.8 Å². The lowest BCUT2D eigenvalue weighted by Gasteiger charge is -2.18. The zero-order chi connectivity index (χ0) is 11.5. The molecule has 3 heteroatoms. The Morgan fingerprint density at radius 3 is 2.88 bits per heavy atom. The van der Waals surface area contributed by atoms with E-state index in [4.69, 9.17) is 0 Å². The number of pyridine rings is 1. The van der Waals surface area contributed by atoms with Crippen LogP contribution in [0.2, 0.25) is 0 Å². The van der Waals surface area contributed by atoms with Gasteiger partial charge < -0.3 is 9.88 Å². The largest absolute Gasteiger partial charge is 0.314 e. The third-order valence-electron chi connectivity index (χ3n) is 3.20. The van der Waals surface area contributed by atoms with Gasteiger partial charge in [0.1, 0.15) is 0 Å². The fraction of sp³-hybridized carbons (Fsp3) is 0.615. The van der Waals surface area contributed by atoms with Gasteiger partial charge in [0.05, 0.1) is 0 Å². The van der Waals surface area contributed by atoms with E-state index in [0.717, 1.165) is 24.6 Å². The Kier molecular flexibility index (Phi) is 3.44. The maximum absolute atomic E-state index is 11.8. The number of hydrogen-bond acceptors (Lipinski definition) is 2. The molecular weight excluding hydrogens is 200 g/mol. The molecule has 0 saturated heterocycles. The number of nitrogens with one attached hydrogen (secondary N) is 1. The summed E-state index contributed by atoms with van der Waals surface area (Å²) in [6.45, 7) is 5.85. The molecule has 16 heavy (non-hydrogen) atoms. The molecule has 1 N–H and O–H groups in total. The molecule has 3 nitrogen and oxygen atoms in total. The lowest BCUT2D eigenvalue weighted by molar-refractivity contribution is 0.410. The van der Waals surface area contributed by atoms with Gasteiger partial charge in [-0.1, -0.05) is 6.92 Å². The van der Waals surface area contributed by atoms with E-state index in [2.05, 4.69) is 12.2 Å². The van der Waals surface area contributed by atoms with Crippen LogP contribution in [0.5, 0.6) is 0 Å². The van der Waals surface area contributed by atoms with E-state index < -0.39 is 0 Å². The van der Waals surface area contributed by atoms with Crippen molar-refractivity contribution < 1.29 is 0 Å². The van der Waals surface area contributed by atoms with Gasteiger partial charge in [-0.25, -0.2) is 0 Å². The van der Waals surface area contributed by atoms with Gasteiger partial charge in [0, 0.05) is 24.8 Å². The smallest absolute Gasteiger partial charge is 0.250 e. The first-order chi connectivity index (χ1) is 7.70. The highest BCUT2D eigenvalue weighted by Gasteiger charge is 2.30. The normalized spacial score (nSPS) is 17.4. The van der Waals surface area contributed by atoms with Crippen molar-refractivity contribution in [1.82, 2.24) is 9.88 Å². The van der Waals surface area contributed by atoms with Gasteiger partial charge in [-0.15, -0.1) is 0 Å². The highest BCUT2D eigenvalue weighted by atomic mass is 16.1. The second-order valence-electron chi connectivity index (χ2n) is 4.70. The lowest BCUT2D eigenvalue weighted by atomic mass is 10.2. The Bertz CT molecular complexity index is 407. The molecule has 0 spiro atoms. The van der Waals surface area contributed by atoms with E-state index in [1.54, 1.807) is 6.07 Å². The van der Waals surface area contributed by atoms with Crippen LogP contribution >= 0.6 is 0 Å². The summed E-state index contributed by atoms with van der Waals surface area (Å²) in [5, 5.41) is 3.48. The Balaban J connectivity index is 2.08. The van der Waals surface area contributed by atoms with E-state index in [0.29, 0.717) is 6.04 Å². The molecule has 0 amide bonds. The maximum Gasteiger partial charge on any atom is 0.250 e. The molecule has 88 valence electrons. The highest BCUT2D eigenvalue weighted by Crippen LogP contribution is 2.33. The zero-order valence-electron chi connectivity index (χ0n) is 10.1. The predicted octanol–water partition coefficient (Wildman–Crippen LogP) is 1.54. The van der Waals surface area contributed by atoms with Gasteiger partial charge in [-0.3, -0.25) is 4.79 Å². The Labute approximate surface area is 96.5 Å². The molecule has 0 radical (unpaired) electrons. The number of likely N-dealkylation sites (N-methyl/N-ethyl adjacent to an activating group) is 1. The molecule has 0 bridgehead atoms. The van der Waals surface area contributed by atoms with Crippen molar-refractivity contribution in [3.63, 3.8) is 0 Å². The first-order valence-electron chi connectivity index (χ1n) is 6.11. The van der Waals surface area contributed by atoms with Gasteiger partial charge in [-0.05, 0) is 43.9 Å². The third-order valence-corrected chi connectivity index (χ3v) is 3.20. The van der Waals surface area contributed by atoms with Crippen LogP contribution in [0.15, 0.2) is 23.1 Å². The monoisotopic (exact) mass is 220 g/mol. The molecule has 1 aromatic rings. The van der Waals surface area contributed by atoms with Crippen LogP contribution in [0.3, 0.4) is 0 Å². The van der Waals surface area contributed by atoms with Gasteiger partial charge in [0.25, 0.3) is 5.56 Å². The maximum atomic E-state index is 11.8. The van der Waals surface area contributed by atoms with E-state index in [1.807, 2.05) is 23.8 Å². The van der Waals surface area contributed by atoms with Crippen molar-refractivity contribution in [2.24, 2.45) is 5.92 Å². The highest BCUT2D eigenvalue weighted by molar-refractivity contribution is 5.08. The van der Waals surface area contributed by atoms with Crippen LogP contribution < -0.4 is 10.9 Å². The fourth-order valence-electron chi connectivity index (χ4n) is 2.11. The molecule has 1 aromatic heterocycles. The van der Waals surface area contributed by atoms with Gasteiger partial charge in [0.2, 0.25) is 0 Å². The molecule has 1 heterocycles. The van der Waals surface area contributed by atoms with Crippen molar-refractivity contribution in [3.05, 3.63) is 34.2 Å². The predicted molar refractivity (Wildman–Crippen MR) is 65.6 cm³/mol. The molecular formula is C13H20N2O. The molecule has 2 rings (SSSR count). The van der Waals surface area contributed by atoms with Crippen LogP contribution in [0.4, 0.5) is 0 Å². The zero-order valence-corrected chi connectivity index (χ0v) is 10.1. The SMILES string of the molecule is CCNC(Cn1ccc(C)cc1=O)C1CC1. The summed E-state index contributed by atoms with van der Waals surface area (Å²) >= 11 is 0. The molecule has 1 aliphatic rings. The number of nitrogens with zero attached hydrogens (tertiary/aromatic N) is 1. The summed E-state index contributed by atoms with van der Waals surface area (Å²) < 4.78 is 1.82. The molecule has 1 aliphatic carbocycles. The first-order valence-corrected chi connectivity index (χ1v) is 6.11. The molecule has 1 unspecified atom stereocenters. The average molecular weight is 220 g/mol. The van der Waals surface area contributed by atoms with E-state index >= 15 is 0 Å². The minimum absolute atomic E-state index is 0.114. The number of aromatic nitrogens is 1. The molecule has 0 aromatic carbocycles. The molecule has 1 atom stereocenters. The average Bonchev–Trinajstić information content (AvgIpc) is 3.04. The minimum Gasteiger partial charge on any atom is -0.314 e. The summed E-state index contributed by atoms with van der Waals surface area (Å²) in [6.07, 6.45) is 4.51. The van der Waals surface area contributed by atoms with E-state index in [1.165, 1.54) is 12.8 Å². The summed E-state index contributed by atoms with van der Waals surface area (Å²) in [5.74, 6) is 0.771. The fourth-order valence-corrected chi connectivity index (χ4v) is 2.11. The topological polar surface area (TPSA) is 34.0 Å². The van der Waals surface area contributed by atoms with Crippen LogP contribution in [-0.2, 0) is 6.54 Å². The van der Waals surface area contributed by atoms with Crippen LogP contribution in [0.1, 0.15) is 25.3 Å². The van der Waals surface area contributed by atoms with Crippen molar-refractivity contribution in [2.45, 2.75) is 39.3 Å². The third kappa shape index (κ3) is 2.73. The van der Waals surface area contributed by atoms with Crippen molar-refractivity contribution in [3.8, 4) is 0 Å². The number of aryl methyl sites for hydroxylation is 1. The second-order valence-corrected chi connectivity index (χ2v) is 4.70. The van der Waals surface area contributed by atoms with Crippen molar-refractivity contribution in [2.75, 3.05) is 6.54 Å². The first kappa shape index (κ1) is 11.4. The Hall–Kier alpha value is -1.09. The minimum atomic E-state index is 0.114. The summed E-state index contributed by atoms with van der Waals surface area (Å²) in [6, 6.07) is 4.16. The van der Waals surface area contributed by atoms with E-state index in [-0.39, 0.29) is 5.56 Å². The summed E-state index contributed by atoms with van der Waals surface area (Å²) in [7, 11) is 0. The number of hydrogen-bond donors (Lipinski definition) is 1. The standard InChI is InChI=1S/C13H20N2O/c1-3-14-12(11-4-5-11)9-15-7-6-10(2)8-13(15)16/h6-8,11-12,14H,3-5,9H2,1-2H3. The van der Waals surface area contributed by atoms with Gasteiger partial charge in [0.15, 0.2) is 0 Å². The van der Waals surface area contributed by atoms with Gasteiger partial charge in [-0.2, -0.15) is 0 Å². The lowest BCUT2D eigenvalue weighted by Crippen LogP contribution is -2.37. The second kappa shape index (κ2) is 4.83. The molecule has 0 aliphatic heterocycles. The molecule has 1 fully saturated rings. The Morgan fingerprint density at radius 1 is 1.56 bits per heavy atom. The van der Waals surface area contributed by atoms with E-state index in [9.17, 15) is 4.79 Å². The quantitative estimate of drug-likeness (QED) is 0.817. The summed E-state index contributed by atoms with van der Waals surface area (Å²) in [4.78, 5) is 11.8. The molecule has 1 saturated carbocycles. The van der Waals surface area contributed by atoms with Gasteiger partial charge >= 0.3 is 0 Å². The van der Waals surface area contributed by atoms with Crippen molar-refractivity contribution in [1.29, 1.82) is 0 Å². The van der Waals surface area contributed by atoms with Crippen LogP contribution in [-0.4, -0.2) is 17.2 Å². The Morgan fingerprint density at radius 2 is 2.31 bits per heavy atom. The summed E-state index contributed by atoms with van der Waals surface area (Å²) in [5.41, 5.74) is 1.15. The number of rotatable bonds is 5.